The summed E-state index contributed by atoms with van der Waals surface area (Å²) in [6.07, 6.45) is 2.20. The number of hydrogen-bond acceptors (Lipinski definition) is 6. The molecule has 2 aromatic rings. The maximum absolute atomic E-state index is 10.1. The first-order valence-corrected chi connectivity index (χ1v) is 9.88. The molecule has 156 valence electrons. The summed E-state index contributed by atoms with van der Waals surface area (Å²) in [5.41, 5.74) is 3.10. The van der Waals surface area contributed by atoms with Crippen molar-refractivity contribution in [3.63, 3.8) is 0 Å². The fourth-order valence-corrected chi connectivity index (χ4v) is 3.50. The Morgan fingerprint density at radius 1 is 1.17 bits per heavy atom. The third kappa shape index (κ3) is 6.18. The maximum atomic E-state index is 10.1. The number of aliphatic hydroxyl groups excluding tert-OH is 1. The summed E-state index contributed by atoms with van der Waals surface area (Å²) in [7, 11) is 3.08. The molecule has 0 spiro atoms. The number of methoxy groups -OCH3 is 1. The van der Waals surface area contributed by atoms with Gasteiger partial charge in [-0.05, 0) is 41.3 Å². The molecule has 1 saturated heterocycles. The van der Waals surface area contributed by atoms with Crippen LogP contribution < -0.4 is 4.74 Å². The van der Waals surface area contributed by atoms with E-state index in [0.717, 1.165) is 22.4 Å². The molecule has 0 bridgehead atoms. The van der Waals surface area contributed by atoms with Gasteiger partial charge >= 0.3 is 0 Å². The van der Waals surface area contributed by atoms with Crippen LogP contribution in [-0.2, 0) is 20.7 Å². The molecule has 3 rings (SSSR count). The second-order valence-electron chi connectivity index (χ2n) is 6.87. The van der Waals surface area contributed by atoms with Crippen LogP contribution in [0.1, 0.15) is 35.6 Å². The van der Waals surface area contributed by atoms with E-state index in [2.05, 4.69) is 9.99 Å². The first kappa shape index (κ1) is 21.6. The zero-order chi connectivity index (χ0) is 20.6. The topological polar surface area (TPSA) is 69.5 Å². The largest absolute Gasteiger partial charge is 0.488 e. The Kier molecular flexibility index (Phi) is 7.89. The lowest BCUT2D eigenvalue weighted by Crippen LogP contribution is -2.32. The van der Waals surface area contributed by atoms with Gasteiger partial charge in [0.15, 0.2) is 6.29 Å². The summed E-state index contributed by atoms with van der Waals surface area (Å²) in [6, 6.07) is 13.7. The highest BCUT2D eigenvalue weighted by atomic mass is 35.5. The fourth-order valence-electron chi connectivity index (χ4n) is 3.32. The van der Waals surface area contributed by atoms with E-state index in [1.165, 1.54) is 7.11 Å². The molecule has 6 nitrogen and oxygen atoms in total. The van der Waals surface area contributed by atoms with Crippen molar-refractivity contribution in [1.82, 2.24) is 0 Å². The smallest absolute Gasteiger partial charge is 0.160 e. The van der Waals surface area contributed by atoms with Gasteiger partial charge in [-0.3, -0.25) is 0 Å². The molecule has 0 amide bonds. The normalized spacial score (nSPS) is 22.0. The SMILES string of the molecule is CO/N=C/COc1ccc(Cc2cc(C3CC(O)CC(OC)O3)ccc2Cl)cc1. The minimum Gasteiger partial charge on any atom is -0.488 e. The van der Waals surface area contributed by atoms with E-state index in [1.807, 2.05) is 42.5 Å². The van der Waals surface area contributed by atoms with Crippen molar-refractivity contribution in [1.29, 1.82) is 0 Å². The van der Waals surface area contributed by atoms with Gasteiger partial charge in [-0.1, -0.05) is 41.0 Å². The van der Waals surface area contributed by atoms with Crippen molar-refractivity contribution < 1.29 is 24.2 Å². The molecule has 1 fully saturated rings. The minimum atomic E-state index is -0.445. The molecule has 1 aliphatic rings. The van der Waals surface area contributed by atoms with Crippen LogP contribution in [0.5, 0.6) is 5.75 Å². The lowest BCUT2D eigenvalue weighted by Gasteiger charge is -2.32. The molecule has 3 atom stereocenters. The van der Waals surface area contributed by atoms with E-state index in [-0.39, 0.29) is 6.10 Å². The first-order chi connectivity index (χ1) is 14.1. The van der Waals surface area contributed by atoms with Gasteiger partial charge in [-0.2, -0.15) is 0 Å². The van der Waals surface area contributed by atoms with Gasteiger partial charge in [0, 0.05) is 25.0 Å². The van der Waals surface area contributed by atoms with Gasteiger partial charge in [0.05, 0.1) is 18.4 Å². The second kappa shape index (κ2) is 10.6. The molecule has 1 aliphatic heterocycles. The Morgan fingerprint density at radius 2 is 1.97 bits per heavy atom. The van der Waals surface area contributed by atoms with E-state index >= 15 is 0 Å². The molecule has 7 heteroatoms. The number of ether oxygens (including phenoxy) is 3. The number of hydrogen-bond donors (Lipinski definition) is 1. The van der Waals surface area contributed by atoms with Crippen LogP contribution in [0, 0.1) is 0 Å². The standard InChI is InChI=1S/C22H26ClNO5/c1-26-22-14-18(25)13-21(29-22)16-5-8-20(23)17(12-16)11-15-3-6-19(7-4-15)28-10-9-24-27-2/h3-9,12,18,21-22,25H,10-11,13-14H2,1-2H3/b24-9+. The summed E-state index contributed by atoms with van der Waals surface area (Å²) < 4.78 is 16.8. The van der Waals surface area contributed by atoms with Crippen LogP contribution in [0.25, 0.3) is 0 Å². The second-order valence-corrected chi connectivity index (χ2v) is 7.28. The summed E-state index contributed by atoms with van der Waals surface area (Å²) >= 11 is 6.43. The molecule has 2 aromatic carbocycles. The molecular formula is C22H26ClNO5. The molecule has 1 N–H and O–H groups in total. The Balaban J connectivity index is 1.68. The van der Waals surface area contributed by atoms with Crippen LogP contribution in [0.3, 0.4) is 0 Å². The molecule has 0 radical (unpaired) electrons. The van der Waals surface area contributed by atoms with Crippen LogP contribution in [-0.4, -0.2) is 44.5 Å². The van der Waals surface area contributed by atoms with Crippen LogP contribution in [0.2, 0.25) is 5.02 Å². The average molecular weight is 420 g/mol. The van der Waals surface area contributed by atoms with Crippen LogP contribution in [0.15, 0.2) is 47.6 Å². The third-order valence-electron chi connectivity index (χ3n) is 4.79. The van der Waals surface area contributed by atoms with E-state index in [0.29, 0.717) is 30.9 Å². The zero-order valence-electron chi connectivity index (χ0n) is 16.6. The number of nitrogens with zero attached hydrogens (tertiary/aromatic N) is 1. The molecular weight excluding hydrogens is 394 g/mol. The van der Waals surface area contributed by atoms with Crippen LogP contribution >= 0.6 is 11.6 Å². The summed E-state index contributed by atoms with van der Waals surface area (Å²) in [4.78, 5) is 4.60. The van der Waals surface area contributed by atoms with Crippen molar-refractivity contribution in [3.8, 4) is 5.75 Å². The Morgan fingerprint density at radius 3 is 2.69 bits per heavy atom. The van der Waals surface area contributed by atoms with Crippen molar-refractivity contribution in [2.75, 3.05) is 20.8 Å². The third-order valence-corrected chi connectivity index (χ3v) is 5.16. The molecule has 0 aromatic heterocycles. The van der Waals surface area contributed by atoms with E-state index in [4.69, 9.17) is 25.8 Å². The van der Waals surface area contributed by atoms with Crippen molar-refractivity contribution >= 4 is 17.8 Å². The van der Waals surface area contributed by atoms with Gasteiger partial charge < -0.3 is 24.2 Å². The predicted octanol–water partition coefficient (Wildman–Crippen LogP) is 4.13. The molecule has 1 heterocycles. The van der Waals surface area contributed by atoms with Gasteiger partial charge in [-0.25, -0.2) is 0 Å². The molecule has 29 heavy (non-hydrogen) atoms. The van der Waals surface area contributed by atoms with Gasteiger partial charge in [-0.15, -0.1) is 0 Å². The first-order valence-electron chi connectivity index (χ1n) is 9.50. The average Bonchev–Trinajstić information content (AvgIpc) is 2.73. The fraction of sp³-hybridized carbons (Fsp3) is 0.409. The lowest BCUT2D eigenvalue weighted by molar-refractivity contribution is -0.205. The van der Waals surface area contributed by atoms with Crippen molar-refractivity contribution in [2.45, 2.75) is 37.8 Å². The van der Waals surface area contributed by atoms with E-state index < -0.39 is 12.4 Å². The minimum absolute atomic E-state index is 0.218. The van der Waals surface area contributed by atoms with E-state index in [9.17, 15) is 5.11 Å². The Labute approximate surface area is 176 Å². The number of oxime groups is 1. The van der Waals surface area contributed by atoms with Crippen molar-refractivity contribution in [3.05, 3.63) is 64.2 Å². The van der Waals surface area contributed by atoms with E-state index in [1.54, 1.807) is 13.3 Å². The predicted molar refractivity (Wildman–Crippen MR) is 112 cm³/mol. The summed E-state index contributed by atoms with van der Waals surface area (Å²) in [6.45, 7) is 0.344. The van der Waals surface area contributed by atoms with Crippen molar-refractivity contribution in [2.24, 2.45) is 5.16 Å². The number of benzene rings is 2. The Hall–Kier alpha value is -2.12. The van der Waals surface area contributed by atoms with Crippen LogP contribution in [0.4, 0.5) is 0 Å². The molecule has 3 unspecified atom stereocenters. The van der Waals surface area contributed by atoms with Gasteiger partial charge in [0.25, 0.3) is 0 Å². The highest BCUT2D eigenvalue weighted by Gasteiger charge is 2.29. The van der Waals surface area contributed by atoms with Gasteiger partial charge in [0.1, 0.15) is 19.5 Å². The molecule has 0 saturated carbocycles. The summed E-state index contributed by atoms with van der Waals surface area (Å²) in [5, 5.41) is 14.4. The Bertz CT molecular complexity index is 811. The number of aliphatic hydroxyl groups is 1. The monoisotopic (exact) mass is 419 g/mol. The number of halogens is 1. The highest BCUT2D eigenvalue weighted by molar-refractivity contribution is 6.31. The summed E-state index contributed by atoms with van der Waals surface area (Å²) in [5.74, 6) is 0.756. The quantitative estimate of drug-likeness (QED) is 0.514. The highest BCUT2D eigenvalue weighted by Crippen LogP contribution is 2.34. The zero-order valence-corrected chi connectivity index (χ0v) is 17.3. The van der Waals surface area contributed by atoms with Gasteiger partial charge in [0.2, 0.25) is 0 Å². The maximum Gasteiger partial charge on any atom is 0.160 e. The number of rotatable bonds is 8. The lowest BCUT2D eigenvalue weighted by atomic mass is 9.95. The molecule has 0 aliphatic carbocycles.